The van der Waals surface area contributed by atoms with Crippen LogP contribution in [0.15, 0.2) is 24.5 Å². The largest absolute Gasteiger partial charge is 0.481 e. The molecule has 0 aliphatic heterocycles. The fraction of sp³-hybridized carbons (Fsp3) is 0.500. The number of aromatic nitrogens is 5. The topological polar surface area (TPSA) is 93.8 Å². The number of pyridine rings is 1. The summed E-state index contributed by atoms with van der Waals surface area (Å²) in [5, 5.41) is 20.9. The fourth-order valence-electron chi connectivity index (χ4n) is 2.28. The van der Waals surface area contributed by atoms with Gasteiger partial charge in [0, 0.05) is 18.0 Å². The maximum atomic E-state index is 11.1. The van der Waals surface area contributed by atoms with Crippen molar-refractivity contribution in [3.05, 3.63) is 24.5 Å². The second-order valence-corrected chi connectivity index (χ2v) is 6.20. The predicted octanol–water partition coefficient (Wildman–Crippen LogP) is 2.19. The summed E-state index contributed by atoms with van der Waals surface area (Å²) < 4.78 is 1.61. The third-order valence-electron chi connectivity index (χ3n) is 3.04. The summed E-state index contributed by atoms with van der Waals surface area (Å²) in [6.07, 6.45) is 3.97. The van der Waals surface area contributed by atoms with E-state index in [9.17, 15) is 4.79 Å². The molecule has 0 saturated carbocycles. The molecule has 2 aromatic heterocycles. The maximum Gasteiger partial charge on any atom is 0.305 e. The average Bonchev–Trinajstić information content (AvgIpc) is 2.86. The summed E-state index contributed by atoms with van der Waals surface area (Å²) in [4.78, 5) is 15.1. The number of carboxylic acids is 1. The lowest BCUT2D eigenvalue weighted by atomic mass is 9.87. The van der Waals surface area contributed by atoms with E-state index in [2.05, 4.69) is 41.3 Å². The highest BCUT2D eigenvalue weighted by atomic mass is 16.4. The Balaban J connectivity index is 2.37. The van der Waals surface area contributed by atoms with Crippen molar-refractivity contribution >= 4 is 5.97 Å². The SMILES string of the molecule is CC(C)(C)CC(CC(=O)O)n1nnnc1-c1ccncc1. The Morgan fingerprint density at radius 1 is 1.33 bits per heavy atom. The normalized spacial score (nSPS) is 13.1. The molecule has 112 valence electrons. The molecule has 0 bridgehead atoms. The Kier molecular flexibility index (Phi) is 4.30. The van der Waals surface area contributed by atoms with E-state index in [4.69, 9.17) is 5.11 Å². The van der Waals surface area contributed by atoms with Crippen LogP contribution in [0, 0.1) is 5.41 Å². The molecule has 0 amide bonds. The zero-order chi connectivity index (χ0) is 15.5. The third kappa shape index (κ3) is 4.08. The van der Waals surface area contributed by atoms with Crippen molar-refractivity contribution in [1.29, 1.82) is 0 Å². The van der Waals surface area contributed by atoms with E-state index in [-0.39, 0.29) is 17.9 Å². The van der Waals surface area contributed by atoms with E-state index in [1.807, 2.05) is 0 Å². The van der Waals surface area contributed by atoms with Crippen LogP contribution in [-0.4, -0.2) is 36.3 Å². The summed E-state index contributed by atoms with van der Waals surface area (Å²) in [6.45, 7) is 6.20. The average molecular weight is 289 g/mol. The van der Waals surface area contributed by atoms with Gasteiger partial charge in [0.2, 0.25) is 0 Å². The van der Waals surface area contributed by atoms with Crippen LogP contribution < -0.4 is 0 Å². The summed E-state index contributed by atoms with van der Waals surface area (Å²) in [5.74, 6) is -0.298. The van der Waals surface area contributed by atoms with Crippen LogP contribution in [0.1, 0.15) is 39.7 Å². The van der Waals surface area contributed by atoms with E-state index in [0.717, 1.165) is 5.56 Å². The number of hydrogen-bond acceptors (Lipinski definition) is 5. The molecule has 1 unspecified atom stereocenters. The molecular formula is C14H19N5O2. The first kappa shape index (κ1) is 15.1. The smallest absolute Gasteiger partial charge is 0.305 e. The van der Waals surface area contributed by atoms with Crippen LogP contribution in [0.25, 0.3) is 11.4 Å². The zero-order valence-electron chi connectivity index (χ0n) is 12.4. The minimum absolute atomic E-state index is 0.0135. The number of nitrogens with zero attached hydrogens (tertiary/aromatic N) is 5. The molecule has 2 aromatic rings. The minimum Gasteiger partial charge on any atom is -0.481 e. The van der Waals surface area contributed by atoms with Gasteiger partial charge in [-0.1, -0.05) is 20.8 Å². The van der Waals surface area contributed by atoms with Crippen molar-refractivity contribution in [2.45, 2.75) is 39.7 Å². The van der Waals surface area contributed by atoms with Gasteiger partial charge in [-0.15, -0.1) is 5.10 Å². The summed E-state index contributed by atoms with van der Waals surface area (Å²) in [6, 6.07) is 3.31. The van der Waals surface area contributed by atoms with Crippen molar-refractivity contribution in [2.75, 3.05) is 0 Å². The number of rotatable bonds is 5. The highest BCUT2D eigenvalue weighted by molar-refractivity contribution is 5.67. The predicted molar refractivity (Wildman–Crippen MR) is 76.4 cm³/mol. The molecule has 7 nitrogen and oxygen atoms in total. The standard InChI is InChI=1S/C14H19N5O2/c1-14(2,3)9-11(8-12(20)21)19-13(16-17-18-19)10-4-6-15-7-5-10/h4-7,11H,8-9H2,1-3H3,(H,20,21). The molecule has 7 heteroatoms. The van der Waals surface area contributed by atoms with Crippen molar-refractivity contribution in [3.63, 3.8) is 0 Å². The van der Waals surface area contributed by atoms with Gasteiger partial charge in [-0.05, 0) is 34.4 Å². The van der Waals surface area contributed by atoms with Crippen molar-refractivity contribution < 1.29 is 9.90 Å². The van der Waals surface area contributed by atoms with E-state index in [1.165, 1.54) is 0 Å². The Morgan fingerprint density at radius 2 is 2.00 bits per heavy atom. The van der Waals surface area contributed by atoms with Gasteiger partial charge >= 0.3 is 5.97 Å². The van der Waals surface area contributed by atoms with Gasteiger partial charge < -0.3 is 5.11 Å². The molecule has 21 heavy (non-hydrogen) atoms. The summed E-state index contributed by atoms with van der Waals surface area (Å²) in [5.41, 5.74) is 0.793. The number of carboxylic acid groups (broad SMARTS) is 1. The van der Waals surface area contributed by atoms with E-state index in [0.29, 0.717) is 12.2 Å². The molecule has 0 aliphatic carbocycles. The molecule has 0 aromatic carbocycles. The summed E-state index contributed by atoms with van der Waals surface area (Å²) >= 11 is 0. The number of hydrogen-bond donors (Lipinski definition) is 1. The quantitative estimate of drug-likeness (QED) is 0.906. The van der Waals surface area contributed by atoms with Crippen LogP contribution >= 0.6 is 0 Å². The van der Waals surface area contributed by atoms with Gasteiger partial charge in [0.25, 0.3) is 0 Å². The number of aliphatic carboxylic acids is 1. The molecule has 0 spiro atoms. The van der Waals surface area contributed by atoms with Crippen LogP contribution in [0.4, 0.5) is 0 Å². The van der Waals surface area contributed by atoms with Gasteiger partial charge in [-0.2, -0.15) is 0 Å². The molecule has 0 fully saturated rings. The Bertz CT molecular complexity index is 603. The lowest BCUT2D eigenvalue weighted by molar-refractivity contribution is -0.138. The molecular weight excluding hydrogens is 270 g/mol. The van der Waals surface area contributed by atoms with Crippen molar-refractivity contribution in [2.24, 2.45) is 5.41 Å². The zero-order valence-corrected chi connectivity index (χ0v) is 12.4. The van der Waals surface area contributed by atoms with Gasteiger partial charge in [0.15, 0.2) is 5.82 Å². The second-order valence-electron chi connectivity index (χ2n) is 6.20. The minimum atomic E-state index is -0.861. The highest BCUT2D eigenvalue weighted by Gasteiger charge is 2.26. The summed E-state index contributed by atoms with van der Waals surface area (Å²) in [7, 11) is 0. The Morgan fingerprint density at radius 3 is 2.57 bits per heavy atom. The second kappa shape index (κ2) is 5.99. The lowest BCUT2D eigenvalue weighted by Crippen LogP contribution is -2.22. The number of carbonyl (C=O) groups is 1. The first-order valence-corrected chi connectivity index (χ1v) is 6.77. The fourth-order valence-corrected chi connectivity index (χ4v) is 2.28. The molecule has 0 aliphatic rings. The van der Waals surface area contributed by atoms with Gasteiger partial charge in [0.05, 0.1) is 12.5 Å². The Hall–Kier alpha value is -2.31. The molecule has 1 N–H and O–H groups in total. The third-order valence-corrected chi connectivity index (χ3v) is 3.04. The molecule has 2 heterocycles. The van der Waals surface area contributed by atoms with Crippen LogP contribution in [-0.2, 0) is 4.79 Å². The van der Waals surface area contributed by atoms with Gasteiger partial charge in [0.1, 0.15) is 0 Å². The maximum absolute atomic E-state index is 11.1. The monoisotopic (exact) mass is 289 g/mol. The van der Waals surface area contributed by atoms with E-state index < -0.39 is 5.97 Å². The first-order valence-electron chi connectivity index (χ1n) is 6.77. The van der Waals surface area contributed by atoms with Crippen LogP contribution in [0.3, 0.4) is 0 Å². The highest BCUT2D eigenvalue weighted by Crippen LogP contribution is 2.31. The van der Waals surface area contributed by atoms with Crippen LogP contribution in [0.2, 0.25) is 0 Å². The molecule has 0 saturated heterocycles. The first-order chi connectivity index (χ1) is 9.87. The number of tetrazole rings is 1. The lowest BCUT2D eigenvalue weighted by Gasteiger charge is -2.25. The van der Waals surface area contributed by atoms with Crippen LogP contribution in [0.5, 0.6) is 0 Å². The molecule has 0 radical (unpaired) electrons. The van der Waals surface area contributed by atoms with Gasteiger partial charge in [-0.25, -0.2) is 4.68 Å². The molecule has 1 atom stereocenters. The van der Waals surface area contributed by atoms with E-state index >= 15 is 0 Å². The molecule has 2 rings (SSSR count). The van der Waals surface area contributed by atoms with Gasteiger partial charge in [-0.3, -0.25) is 9.78 Å². The van der Waals surface area contributed by atoms with Crippen molar-refractivity contribution in [3.8, 4) is 11.4 Å². The van der Waals surface area contributed by atoms with E-state index in [1.54, 1.807) is 29.2 Å². The Labute approximate surface area is 123 Å². The van der Waals surface area contributed by atoms with Crippen molar-refractivity contribution in [1.82, 2.24) is 25.2 Å².